The van der Waals surface area contributed by atoms with Crippen molar-refractivity contribution in [1.29, 1.82) is 0 Å². The predicted octanol–water partition coefficient (Wildman–Crippen LogP) is 0.937. The van der Waals surface area contributed by atoms with Crippen LogP contribution in [-0.2, 0) is 6.18 Å². The fourth-order valence-corrected chi connectivity index (χ4v) is 0.766. The van der Waals surface area contributed by atoms with Gasteiger partial charge in [0.1, 0.15) is 0 Å². The van der Waals surface area contributed by atoms with Crippen molar-refractivity contribution in [3.63, 3.8) is 0 Å². The van der Waals surface area contributed by atoms with Crippen LogP contribution in [0.25, 0.3) is 0 Å². The van der Waals surface area contributed by atoms with E-state index in [-0.39, 0.29) is 5.69 Å². The Kier molecular flexibility index (Phi) is 2.02. The number of primary amides is 1. The van der Waals surface area contributed by atoms with Crippen LogP contribution >= 0.6 is 0 Å². The molecule has 1 rings (SSSR count). The molecule has 0 saturated carbocycles. The fourth-order valence-electron chi connectivity index (χ4n) is 0.766. The monoisotopic (exact) mass is 192 g/mol. The van der Waals surface area contributed by atoms with Crippen molar-refractivity contribution in [2.75, 3.05) is 0 Å². The molecule has 4 nitrogen and oxygen atoms in total. The van der Waals surface area contributed by atoms with Crippen molar-refractivity contribution in [2.24, 2.45) is 5.73 Å². The highest BCUT2D eigenvalue weighted by Gasteiger charge is 2.35. The zero-order valence-electron chi connectivity index (χ0n) is 6.51. The molecule has 0 bridgehead atoms. The molecule has 71 valence electrons. The standard InChI is InChI=1S/C6H5F3N3O/c1-3-2-4(6(7,8)9)11-12(3)5(10)13/h1H3,(H2,10,13). The van der Waals surface area contributed by atoms with Crippen molar-refractivity contribution >= 4 is 6.03 Å². The van der Waals surface area contributed by atoms with Gasteiger partial charge in [0.25, 0.3) is 0 Å². The Labute approximate surface area is 71.1 Å². The van der Waals surface area contributed by atoms with Crippen molar-refractivity contribution in [1.82, 2.24) is 9.78 Å². The average molecular weight is 192 g/mol. The summed E-state index contributed by atoms with van der Waals surface area (Å²) >= 11 is 0. The first-order chi connectivity index (χ1) is 5.82. The molecule has 0 aliphatic rings. The number of alkyl halides is 3. The number of rotatable bonds is 0. The highest BCUT2D eigenvalue weighted by molar-refractivity contribution is 5.74. The molecule has 1 aromatic heterocycles. The van der Waals surface area contributed by atoms with Crippen LogP contribution in [0.2, 0.25) is 0 Å². The first-order valence-electron chi connectivity index (χ1n) is 3.18. The Bertz CT molecular complexity index is 341. The summed E-state index contributed by atoms with van der Waals surface area (Å²) in [4.78, 5) is 10.5. The molecule has 0 atom stereocenters. The van der Waals surface area contributed by atoms with Crippen molar-refractivity contribution < 1.29 is 18.0 Å². The third kappa shape index (κ3) is 1.79. The lowest BCUT2D eigenvalue weighted by Crippen LogP contribution is -2.22. The van der Waals surface area contributed by atoms with Gasteiger partial charge in [0.15, 0.2) is 5.69 Å². The fraction of sp³-hybridized carbons (Fsp3) is 0.333. The van der Waals surface area contributed by atoms with Crippen LogP contribution < -0.4 is 5.73 Å². The maximum Gasteiger partial charge on any atom is 0.435 e. The van der Waals surface area contributed by atoms with Gasteiger partial charge in [-0.3, -0.25) is 0 Å². The first kappa shape index (κ1) is 9.56. The van der Waals surface area contributed by atoms with Gasteiger partial charge in [-0.15, -0.1) is 0 Å². The van der Waals surface area contributed by atoms with Gasteiger partial charge in [-0.05, 0) is 6.92 Å². The molecule has 0 fully saturated rings. The van der Waals surface area contributed by atoms with Gasteiger partial charge < -0.3 is 5.73 Å². The second-order valence-corrected chi connectivity index (χ2v) is 2.31. The largest absolute Gasteiger partial charge is 0.435 e. The van der Waals surface area contributed by atoms with E-state index >= 15 is 0 Å². The average Bonchev–Trinajstić information content (AvgIpc) is 2.29. The minimum atomic E-state index is -4.61. The van der Waals surface area contributed by atoms with Gasteiger partial charge >= 0.3 is 12.2 Å². The molecule has 1 amide bonds. The lowest BCUT2D eigenvalue weighted by Gasteiger charge is -1.99. The van der Waals surface area contributed by atoms with Crippen LogP contribution in [0.15, 0.2) is 0 Å². The number of amides is 1. The van der Waals surface area contributed by atoms with Gasteiger partial charge in [0.2, 0.25) is 0 Å². The summed E-state index contributed by atoms with van der Waals surface area (Å²) in [7, 11) is 0. The van der Waals surface area contributed by atoms with Crippen LogP contribution in [0.5, 0.6) is 0 Å². The molecule has 1 radical (unpaired) electrons. The third-order valence-electron chi connectivity index (χ3n) is 1.29. The van der Waals surface area contributed by atoms with Gasteiger partial charge in [-0.2, -0.15) is 23.0 Å². The smallest absolute Gasteiger partial charge is 0.350 e. The second-order valence-electron chi connectivity index (χ2n) is 2.31. The van der Waals surface area contributed by atoms with Gasteiger partial charge in [0.05, 0.1) is 5.69 Å². The highest BCUT2D eigenvalue weighted by Crippen LogP contribution is 2.27. The Balaban J connectivity index is 3.17. The Morgan fingerprint density at radius 2 is 2.15 bits per heavy atom. The topological polar surface area (TPSA) is 60.9 Å². The molecule has 0 aromatic carbocycles. The Morgan fingerprint density at radius 1 is 1.62 bits per heavy atom. The minimum Gasteiger partial charge on any atom is -0.350 e. The summed E-state index contributed by atoms with van der Waals surface area (Å²) in [6, 6.07) is 0.826. The predicted molar refractivity (Wildman–Crippen MR) is 35.8 cm³/mol. The minimum absolute atomic E-state index is 0.0696. The maximum absolute atomic E-state index is 12.0. The van der Waals surface area contributed by atoms with E-state index < -0.39 is 17.9 Å². The van der Waals surface area contributed by atoms with Crippen LogP contribution in [0.1, 0.15) is 11.4 Å². The highest BCUT2D eigenvalue weighted by atomic mass is 19.4. The Morgan fingerprint density at radius 3 is 2.38 bits per heavy atom. The molecule has 2 N–H and O–H groups in total. The zero-order chi connectivity index (χ0) is 10.2. The number of aryl methyl sites for hydroxylation is 1. The Hall–Kier alpha value is -1.53. The number of hydrogen-bond acceptors (Lipinski definition) is 2. The van der Waals surface area contributed by atoms with Gasteiger partial charge in [0, 0.05) is 6.07 Å². The van der Waals surface area contributed by atoms with Crippen molar-refractivity contribution in [2.45, 2.75) is 13.1 Å². The molecule has 0 saturated heterocycles. The van der Waals surface area contributed by atoms with Crippen molar-refractivity contribution in [3.05, 3.63) is 17.5 Å². The van der Waals surface area contributed by atoms with E-state index in [1.54, 1.807) is 0 Å². The molecule has 0 spiro atoms. The van der Waals surface area contributed by atoms with E-state index in [9.17, 15) is 18.0 Å². The van der Waals surface area contributed by atoms with Crippen LogP contribution in [0.4, 0.5) is 18.0 Å². The third-order valence-corrected chi connectivity index (χ3v) is 1.29. The summed E-state index contributed by atoms with van der Waals surface area (Å²) in [6.07, 6.45) is -4.61. The maximum atomic E-state index is 12.0. The van der Waals surface area contributed by atoms with E-state index in [1.807, 2.05) is 6.07 Å². The lowest BCUT2D eigenvalue weighted by molar-refractivity contribution is -0.141. The molecule has 7 heteroatoms. The second kappa shape index (κ2) is 2.75. The number of nitrogens with zero attached hydrogens (tertiary/aromatic N) is 2. The number of carbonyl (C=O) groups excluding carboxylic acids is 1. The normalized spacial score (nSPS) is 11.7. The summed E-state index contributed by atoms with van der Waals surface area (Å²) in [6.45, 7) is 1.26. The van der Waals surface area contributed by atoms with E-state index in [0.717, 1.165) is 0 Å². The summed E-state index contributed by atoms with van der Waals surface area (Å²) in [5, 5.41) is 2.94. The number of nitrogens with two attached hydrogens (primary N) is 1. The van der Waals surface area contributed by atoms with Gasteiger partial charge in [-0.25, -0.2) is 4.79 Å². The summed E-state index contributed by atoms with van der Waals surface area (Å²) in [5.41, 5.74) is 3.43. The summed E-state index contributed by atoms with van der Waals surface area (Å²) in [5.74, 6) is 0. The van der Waals surface area contributed by atoms with E-state index in [2.05, 4.69) is 5.10 Å². The van der Waals surface area contributed by atoms with Gasteiger partial charge in [-0.1, -0.05) is 0 Å². The van der Waals surface area contributed by atoms with E-state index in [0.29, 0.717) is 4.68 Å². The summed E-state index contributed by atoms with van der Waals surface area (Å²) < 4.78 is 36.4. The quantitative estimate of drug-likeness (QED) is 0.664. The first-order valence-corrected chi connectivity index (χ1v) is 3.18. The van der Waals surface area contributed by atoms with E-state index in [1.165, 1.54) is 6.92 Å². The number of carbonyl (C=O) groups is 1. The number of aromatic nitrogens is 2. The van der Waals surface area contributed by atoms with Crippen LogP contribution in [0, 0.1) is 13.0 Å². The molecule has 1 heterocycles. The number of hydrogen-bond donors (Lipinski definition) is 1. The number of halogens is 3. The molecule has 0 aliphatic carbocycles. The zero-order valence-corrected chi connectivity index (χ0v) is 6.51. The molecule has 0 unspecified atom stereocenters. The van der Waals surface area contributed by atoms with E-state index in [4.69, 9.17) is 5.73 Å². The molecular formula is C6H5F3N3O. The lowest BCUT2D eigenvalue weighted by atomic mass is 10.4. The van der Waals surface area contributed by atoms with Crippen LogP contribution in [-0.4, -0.2) is 15.8 Å². The molecular weight excluding hydrogens is 187 g/mol. The molecule has 13 heavy (non-hydrogen) atoms. The SMILES string of the molecule is Cc1[c]c(C(F)(F)F)nn1C(N)=O. The van der Waals surface area contributed by atoms with Crippen LogP contribution in [0.3, 0.4) is 0 Å². The molecule has 1 aromatic rings. The molecule has 0 aliphatic heterocycles. The van der Waals surface area contributed by atoms with Crippen molar-refractivity contribution in [3.8, 4) is 0 Å².